The predicted molar refractivity (Wildman–Crippen MR) is 402 cm³/mol. The van der Waals surface area contributed by atoms with Gasteiger partial charge < -0.3 is 74.3 Å². The van der Waals surface area contributed by atoms with Crippen molar-refractivity contribution in [3.05, 3.63) is 12.2 Å². The lowest BCUT2D eigenvalue weighted by Gasteiger charge is -2.54. The first-order chi connectivity index (χ1) is 51.3. The lowest BCUT2D eigenvalue weighted by atomic mass is 9.58. The number of nitrogens with zero attached hydrogens (tertiary/aromatic N) is 9. The maximum absolute atomic E-state index is 15.9. The molecule has 3 N–H and O–H groups in total. The average Bonchev–Trinajstić information content (AvgIpc) is 1.31. The summed E-state index contributed by atoms with van der Waals surface area (Å²) in [5.74, 6) is -10.3. The molecule has 4 aliphatic carbocycles. The summed E-state index contributed by atoms with van der Waals surface area (Å²) in [6, 6.07) is -10.2. The largest absolute Gasteiger partial charge is 0.394 e. The van der Waals surface area contributed by atoms with E-state index in [1.165, 1.54) is 108 Å². The summed E-state index contributed by atoms with van der Waals surface area (Å²) in [6.07, 6.45) is 3.68. The first kappa shape index (κ1) is 89.3. The molecule has 30 heteroatoms. The molecule has 3 aliphatic heterocycles. The number of rotatable bonds is 17. The molecule has 0 aromatic heterocycles. The van der Waals surface area contributed by atoms with Crippen LogP contribution >= 0.6 is 0 Å². The van der Waals surface area contributed by atoms with E-state index in [-0.39, 0.29) is 122 Å². The first-order valence-electron chi connectivity index (χ1n) is 40.0. The lowest BCUT2D eigenvalue weighted by molar-refractivity contribution is -0.215. The van der Waals surface area contributed by atoms with Crippen LogP contribution in [0, 0.1) is 40.9 Å². The van der Waals surface area contributed by atoms with Gasteiger partial charge in [0.1, 0.15) is 53.9 Å². The maximum Gasteiger partial charge on any atom is 0.394 e. The van der Waals surface area contributed by atoms with Gasteiger partial charge >= 0.3 is 6.18 Å². The van der Waals surface area contributed by atoms with Crippen molar-refractivity contribution in [3.63, 3.8) is 0 Å². The molecule has 12 amide bonds. The minimum Gasteiger partial charge on any atom is -0.383 e. The third-order valence-electron chi connectivity index (χ3n) is 24.3. The number of halogens is 3. The van der Waals surface area contributed by atoms with Gasteiger partial charge in [-0.05, 0) is 132 Å². The normalized spacial score (nSPS) is 31.1. The van der Waals surface area contributed by atoms with Crippen molar-refractivity contribution in [2.75, 3.05) is 109 Å². The van der Waals surface area contributed by atoms with Gasteiger partial charge in [0.15, 0.2) is 0 Å². The van der Waals surface area contributed by atoms with E-state index in [4.69, 9.17) is 14.2 Å². The number of hydrogen-bond donors (Lipinski definition) is 3. The first-order valence-corrected chi connectivity index (χ1v) is 40.0. The Balaban J connectivity index is 1.35. The van der Waals surface area contributed by atoms with Gasteiger partial charge in [-0.1, -0.05) is 98.6 Å². The van der Waals surface area contributed by atoms with E-state index in [1.54, 1.807) is 13.0 Å². The third-order valence-corrected chi connectivity index (χ3v) is 24.3. The highest BCUT2D eigenvalue weighted by Gasteiger charge is 2.60. The van der Waals surface area contributed by atoms with Crippen LogP contribution in [-0.4, -0.2) is 297 Å². The number of nitrogens with one attached hydrogen (secondary N) is 3. The molecule has 2 saturated heterocycles. The lowest BCUT2D eigenvalue weighted by Crippen LogP contribution is -2.71. The van der Waals surface area contributed by atoms with Crippen molar-refractivity contribution in [1.29, 1.82) is 0 Å². The molecule has 2 bridgehead atoms. The van der Waals surface area contributed by atoms with Crippen molar-refractivity contribution in [2.24, 2.45) is 40.9 Å². The van der Waals surface area contributed by atoms with E-state index in [1.807, 2.05) is 40.7 Å². The highest BCUT2D eigenvalue weighted by Crippen LogP contribution is 2.50. The average molecular weight is 1540 g/mol. The molecule has 3 unspecified atom stereocenters. The number of carbonyl (C=O) groups excluding carboxylic acids is 12. The zero-order valence-corrected chi connectivity index (χ0v) is 67.9. The van der Waals surface area contributed by atoms with Gasteiger partial charge in [0.05, 0.1) is 44.2 Å². The van der Waals surface area contributed by atoms with E-state index in [9.17, 15) is 37.1 Å². The molecule has 6 fully saturated rings. The summed E-state index contributed by atoms with van der Waals surface area (Å²) in [5, 5.41) is 8.91. The van der Waals surface area contributed by atoms with Crippen molar-refractivity contribution in [3.8, 4) is 0 Å². The van der Waals surface area contributed by atoms with Crippen LogP contribution in [0.25, 0.3) is 0 Å². The Morgan fingerprint density at radius 2 is 1.35 bits per heavy atom. The molecule has 27 nitrogen and oxygen atoms in total. The molecule has 3 heterocycles. The van der Waals surface area contributed by atoms with E-state index in [2.05, 4.69) is 22.9 Å². The minimum absolute atomic E-state index is 0.00721. The maximum atomic E-state index is 15.9. The quantitative estimate of drug-likeness (QED) is 0.142. The molecule has 616 valence electrons. The second-order valence-electron chi connectivity index (χ2n) is 33.9. The van der Waals surface area contributed by atoms with Crippen molar-refractivity contribution in [2.45, 2.75) is 268 Å². The number of methoxy groups -OCH3 is 2. The molecule has 1 spiro atoms. The number of hydrogen-bond acceptors (Lipinski definition) is 15. The zero-order valence-electron chi connectivity index (χ0n) is 67.9. The molecule has 4 saturated carbocycles. The van der Waals surface area contributed by atoms with Crippen LogP contribution < -0.4 is 16.0 Å². The fourth-order valence-electron chi connectivity index (χ4n) is 18.3. The highest BCUT2D eigenvalue weighted by atomic mass is 19.4. The standard InChI is InChI=1S/C79H129F3N12O15/c1-17-24-58-68(98)84-57(39-49(3)4)70(100)92(37-38-107-15)46-66(97)89(12)59-27-20-19-23-36-93(74(59)104)62(40-51-30-28-50(5)29-31-51)73(103)87(10)45-64(95)83-56(35-33-52-32-34-55(79(80,81)82)63(41-52)108-16)71(101)94-44-54(109-18-2)42-60(94)69(99)85-78(47-77(6,7)48-78)76(106)91(14)67(53-25-21-22-26-53)75(105)90(13)61(72(102)86(8)9)43-65(96)88(58)11/h19-20,49-63,67H,17-18,21-48H2,1-16H3,(H,83,95)(H,84,98)(H,85,99)/b20-19-/t50?,51?,52?,54-,55?,56+,57+,58+,59+,60+,61+,62+,63?,67+/m1/s1. The molecular formula is C79H129F3N12O15. The Kier molecular flexibility index (Phi) is 32.3. The molecule has 7 aliphatic rings. The van der Waals surface area contributed by atoms with Crippen LogP contribution in [0.15, 0.2) is 12.2 Å². The molecule has 0 aromatic rings. The summed E-state index contributed by atoms with van der Waals surface area (Å²) < 4.78 is 60.1. The van der Waals surface area contributed by atoms with Gasteiger partial charge in [-0.3, -0.25) is 57.5 Å². The van der Waals surface area contributed by atoms with Gasteiger partial charge in [-0.2, -0.15) is 13.2 Å². The molecular weight excluding hydrogens is 1410 g/mol. The predicted octanol–water partition coefficient (Wildman–Crippen LogP) is 5.94. The number of ether oxygens (including phenoxy) is 3. The van der Waals surface area contributed by atoms with Gasteiger partial charge in [-0.15, -0.1) is 0 Å². The fraction of sp³-hybridized carbons (Fsp3) is 0.823. The van der Waals surface area contributed by atoms with Crippen molar-refractivity contribution < 1.29 is 84.9 Å². The van der Waals surface area contributed by atoms with E-state index in [0.29, 0.717) is 31.6 Å². The summed E-state index contributed by atoms with van der Waals surface area (Å²) in [6.45, 7) is 12.1. The van der Waals surface area contributed by atoms with Crippen LogP contribution in [0.4, 0.5) is 13.2 Å². The second-order valence-corrected chi connectivity index (χ2v) is 33.9. The van der Waals surface area contributed by atoms with Gasteiger partial charge in [-0.25, -0.2) is 0 Å². The molecule has 7 rings (SSSR count). The van der Waals surface area contributed by atoms with Crippen LogP contribution in [0.2, 0.25) is 0 Å². The monoisotopic (exact) mass is 1540 g/mol. The van der Waals surface area contributed by atoms with Crippen molar-refractivity contribution >= 4 is 70.9 Å². The summed E-state index contributed by atoms with van der Waals surface area (Å²) in [7, 11) is 12.8. The number of likely N-dealkylation sites (N-methyl/N-ethyl adjacent to an activating group) is 6. The van der Waals surface area contributed by atoms with Crippen LogP contribution in [0.3, 0.4) is 0 Å². The van der Waals surface area contributed by atoms with E-state index < -0.39 is 186 Å². The van der Waals surface area contributed by atoms with Crippen LogP contribution in [0.5, 0.6) is 0 Å². The third kappa shape index (κ3) is 22.7. The Morgan fingerprint density at radius 3 is 1.94 bits per heavy atom. The number of amides is 12. The number of fused-ring (bicyclic) bond motifs is 3. The smallest absolute Gasteiger partial charge is 0.383 e. The molecule has 12 atom stereocenters. The van der Waals surface area contributed by atoms with Crippen molar-refractivity contribution in [1.82, 2.24) is 60.0 Å². The molecule has 109 heavy (non-hydrogen) atoms. The number of carbonyl (C=O) groups is 12. The summed E-state index contributed by atoms with van der Waals surface area (Å²) in [4.78, 5) is 195. The second kappa shape index (κ2) is 39.5. The Bertz CT molecular complexity index is 3210. The molecule has 0 radical (unpaired) electrons. The summed E-state index contributed by atoms with van der Waals surface area (Å²) in [5.41, 5.74) is -2.18. The number of alkyl halides is 3. The Hall–Kier alpha value is -6.95. The van der Waals surface area contributed by atoms with Crippen LogP contribution in [-0.2, 0) is 71.7 Å². The van der Waals surface area contributed by atoms with E-state index in [0.717, 1.165) is 38.5 Å². The fourth-order valence-corrected chi connectivity index (χ4v) is 18.3. The van der Waals surface area contributed by atoms with E-state index >= 15 is 33.6 Å². The molecule has 0 aromatic carbocycles. The Morgan fingerprint density at radius 1 is 0.688 bits per heavy atom. The van der Waals surface area contributed by atoms with Gasteiger partial charge in [0, 0.05) is 96.2 Å². The topological polar surface area (TPSA) is 298 Å². The minimum atomic E-state index is -4.53. The van der Waals surface area contributed by atoms with Gasteiger partial charge in [0.25, 0.3) is 0 Å². The van der Waals surface area contributed by atoms with Crippen LogP contribution in [0.1, 0.15) is 196 Å². The summed E-state index contributed by atoms with van der Waals surface area (Å²) >= 11 is 0. The highest BCUT2D eigenvalue weighted by molar-refractivity contribution is 6.01. The van der Waals surface area contributed by atoms with Gasteiger partial charge in [0.2, 0.25) is 70.9 Å². The SMILES string of the molecule is CCC[C@H]1C(=O)N[C@@H](CC(C)C)C(=O)N(CCOC)CC(=O)N(C)[C@H]2C/C=C\CCN(C2=O)[C@@H](CC2CCC(C)CC2)C(=O)N(C)CC(=O)N[C@@H](CCC2CCC(C(F)(F)F)C(OC)C2)C(=O)N2C[C@H](OCC)C[C@H]2C(=O)NC2(CC(C)(C)C2)C(=O)N(C)[C@@H](C2CCCC2)C(=O)N(C)[C@H](C(=O)N(C)C)CC(=O)N1C. The Labute approximate surface area is 644 Å². The zero-order chi connectivity index (χ0) is 80.7.